The van der Waals surface area contributed by atoms with E-state index in [0.29, 0.717) is 28.0 Å². The van der Waals surface area contributed by atoms with Gasteiger partial charge in [-0.25, -0.2) is 4.99 Å². The molecule has 144 valence electrons. The van der Waals surface area contributed by atoms with Crippen LogP contribution in [0.4, 0.5) is 5.69 Å². The molecule has 0 saturated carbocycles. The van der Waals surface area contributed by atoms with E-state index in [-0.39, 0.29) is 5.91 Å². The van der Waals surface area contributed by atoms with E-state index in [1.54, 1.807) is 42.4 Å². The quantitative estimate of drug-likeness (QED) is 0.445. The number of carbonyl (C=O) groups excluding carboxylic acids is 1. The molecule has 1 aliphatic heterocycles. The van der Waals surface area contributed by atoms with E-state index in [4.69, 9.17) is 16.3 Å². The number of nitrogens with zero attached hydrogens (tertiary/aromatic N) is 2. The first-order chi connectivity index (χ1) is 14.1. The fourth-order valence-electron chi connectivity index (χ4n) is 3.07. The molecule has 0 fully saturated rings. The number of rotatable bonds is 4. The van der Waals surface area contributed by atoms with Gasteiger partial charge in [-0.15, -0.1) is 0 Å². The van der Waals surface area contributed by atoms with Crippen LogP contribution < -0.4 is 9.64 Å². The molecule has 0 aromatic heterocycles. The maximum Gasteiger partial charge on any atom is 0.282 e. The van der Waals surface area contributed by atoms with Crippen LogP contribution in [-0.4, -0.2) is 18.9 Å². The van der Waals surface area contributed by atoms with Gasteiger partial charge in [-0.2, -0.15) is 0 Å². The minimum absolute atomic E-state index is 0.212. The molecule has 0 spiro atoms. The minimum Gasteiger partial charge on any atom is -0.496 e. The molecule has 1 aliphatic rings. The van der Waals surface area contributed by atoms with Gasteiger partial charge in [-0.1, -0.05) is 57.9 Å². The highest BCUT2D eigenvalue weighted by Crippen LogP contribution is 2.30. The molecule has 4 rings (SSSR count). The van der Waals surface area contributed by atoms with E-state index >= 15 is 0 Å². The molecular formula is C23H16BrClN2O2. The van der Waals surface area contributed by atoms with Crippen molar-refractivity contribution in [2.75, 3.05) is 12.0 Å². The number of carbonyl (C=O) groups is 1. The summed E-state index contributed by atoms with van der Waals surface area (Å²) >= 11 is 9.48. The summed E-state index contributed by atoms with van der Waals surface area (Å²) in [6.45, 7) is 0. The molecule has 3 aromatic carbocycles. The summed E-state index contributed by atoms with van der Waals surface area (Å²) in [4.78, 5) is 19.6. The Morgan fingerprint density at radius 1 is 1.00 bits per heavy atom. The van der Waals surface area contributed by atoms with E-state index in [0.717, 1.165) is 15.6 Å². The number of methoxy groups -OCH3 is 1. The summed E-state index contributed by atoms with van der Waals surface area (Å²) in [5.74, 6) is 1.03. The number of amidine groups is 1. The van der Waals surface area contributed by atoms with Gasteiger partial charge in [0.2, 0.25) is 0 Å². The highest BCUT2D eigenvalue weighted by molar-refractivity contribution is 9.10. The predicted octanol–water partition coefficient (Wildman–Crippen LogP) is 5.95. The minimum atomic E-state index is -0.212. The molecule has 0 aliphatic carbocycles. The Morgan fingerprint density at radius 3 is 2.38 bits per heavy atom. The van der Waals surface area contributed by atoms with Gasteiger partial charge in [0.25, 0.3) is 5.91 Å². The Balaban J connectivity index is 1.83. The summed E-state index contributed by atoms with van der Waals surface area (Å²) in [5, 5.41) is 0.604. The Bertz CT molecular complexity index is 1120. The van der Waals surface area contributed by atoms with Gasteiger partial charge in [0.1, 0.15) is 17.3 Å². The number of anilines is 1. The lowest BCUT2D eigenvalue weighted by Crippen LogP contribution is -2.32. The normalized spacial score (nSPS) is 15.0. The van der Waals surface area contributed by atoms with Gasteiger partial charge in [0.15, 0.2) is 0 Å². The molecule has 0 saturated heterocycles. The van der Waals surface area contributed by atoms with E-state index in [1.807, 2.05) is 48.5 Å². The third-order valence-electron chi connectivity index (χ3n) is 4.48. The fourth-order valence-corrected chi connectivity index (χ4v) is 3.46. The Kier molecular flexibility index (Phi) is 5.51. The zero-order valence-electron chi connectivity index (χ0n) is 15.5. The first-order valence-corrected chi connectivity index (χ1v) is 10.0. The number of halogens is 2. The second-order valence-electron chi connectivity index (χ2n) is 6.33. The zero-order valence-corrected chi connectivity index (χ0v) is 17.8. The summed E-state index contributed by atoms with van der Waals surface area (Å²) in [7, 11) is 1.60. The summed E-state index contributed by atoms with van der Waals surface area (Å²) in [6.07, 6.45) is 1.75. The molecule has 1 amide bonds. The number of amides is 1. The zero-order chi connectivity index (χ0) is 20.4. The van der Waals surface area contributed by atoms with Crippen LogP contribution >= 0.6 is 27.5 Å². The van der Waals surface area contributed by atoms with Crippen molar-refractivity contribution in [3.63, 3.8) is 0 Å². The second-order valence-corrected chi connectivity index (χ2v) is 7.68. The van der Waals surface area contributed by atoms with Crippen molar-refractivity contribution in [3.8, 4) is 5.75 Å². The number of para-hydroxylation sites is 1. The molecule has 6 heteroatoms. The Hall–Kier alpha value is -2.89. The van der Waals surface area contributed by atoms with Gasteiger partial charge in [-0.3, -0.25) is 9.69 Å². The number of hydrogen-bond donors (Lipinski definition) is 0. The van der Waals surface area contributed by atoms with Crippen LogP contribution in [0.1, 0.15) is 11.1 Å². The van der Waals surface area contributed by atoms with E-state index in [1.165, 1.54) is 0 Å². The summed E-state index contributed by atoms with van der Waals surface area (Å²) < 4.78 is 6.36. The van der Waals surface area contributed by atoms with Crippen LogP contribution in [0.5, 0.6) is 5.75 Å². The molecule has 0 unspecified atom stereocenters. The molecule has 3 aromatic rings. The molecular weight excluding hydrogens is 452 g/mol. The van der Waals surface area contributed by atoms with Gasteiger partial charge < -0.3 is 4.74 Å². The molecule has 29 heavy (non-hydrogen) atoms. The highest BCUT2D eigenvalue weighted by Gasteiger charge is 2.32. The van der Waals surface area contributed by atoms with Crippen molar-refractivity contribution in [3.05, 3.63) is 99.1 Å². The van der Waals surface area contributed by atoms with E-state index in [9.17, 15) is 4.79 Å². The van der Waals surface area contributed by atoms with Crippen molar-refractivity contribution < 1.29 is 9.53 Å². The van der Waals surface area contributed by atoms with Crippen molar-refractivity contribution in [2.24, 2.45) is 4.99 Å². The van der Waals surface area contributed by atoms with Crippen molar-refractivity contribution >= 4 is 51.0 Å². The lowest BCUT2D eigenvalue weighted by Gasteiger charge is -2.18. The van der Waals surface area contributed by atoms with E-state index < -0.39 is 0 Å². The molecule has 0 bridgehead atoms. The highest BCUT2D eigenvalue weighted by atomic mass is 79.9. The monoisotopic (exact) mass is 466 g/mol. The average Bonchev–Trinajstić information content (AvgIpc) is 3.06. The van der Waals surface area contributed by atoms with E-state index in [2.05, 4.69) is 20.9 Å². The maximum atomic E-state index is 13.3. The fraction of sp³-hybridized carbons (Fsp3) is 0.0435. The third-order valence-corrected chi connectivity index (χ3v) is 5.26. The SMILES string of the molecule is COc1ccccc1/C=C1/N=C(c2ccc(Br)cc2)N(c2ccc(Cl)cc2)C1=O. The van der Waals surface area contributed by atoms with Crippen LogP contribution in [0.15, 0.2) is 88.0 Å². The van der Waals surface area contributed by atoms with Crippen LogP contribution in [-0.2, 0) is 4.79 Å². The van der Waals surface area contributed by atoms with Crippen LogP contribution in [0.25, 0.3) is 6.08 Å². The summed E-state index contributed by atoms with van der Waals surface area (Å²) in [5.41, 5.74) is 2.65. The second kappa shape index (κ2) is 8.23. The lowest BCUT2D eigenvalue weighted by atomic mass is 10.1. The van der Waals surface area contributed by atoms with Gasteiger partial charge in [0, 0.05) is 20.6 Å². The molecule has 0 atom stereocenters. The first kappa shape index (κ1) is 19.4. The van der Waals surface area contributed by atoms with Crippen molar-refractivity contribution in [1.29, 1.82) is 0 Å². The number of hydrogen-bond acceptors (Lipinski definition) is 3. The van der Waals surface area contributed by atoms with Crippen molar-refractivity contribution in [2.45, 2.75) is 0 Å². The average molecular weight is 468 g/mol. The van der Waals surface area contributed by atoms with Crippen LogP contribution in [0.2, 0.25) is 5.02 Å². The Morgan fingerprint density at radius 2 is 1.69 bits per heavy atom. The number of aliphatic imine (C=N–C) groups is 1. The largest absolute Gasteiger partial charge is 0.496 e. The molecule has 1 heterocycles. The topological polar surface area (TPSA) is 41.9 Å². The maximum absolute atomic E-state index is 13.3. The first-order valence-electron chi connectivity index (χ1n) is 8.86. The predicted molar refractivity (Wildman–Crippen MR) is 121 cm³/mol. The molecule has 4 nitrogen and oxygen atoms in total. The van der Waals surface area contributed by atoms with Gasteiger partial charge >= 0.3 is 0 Å². The Labute approximate surface area is 182 Å². The van der Waals surface area contributed by atoms with Crippen LogP contribution in [0.3, 0.4) is 0 Å². The smallest absolute Gasteiger partial charge is 0.282 e. The summed E-state index contributed by atoms with van der Waals surface area (Å²) in [6, 6.07) is 22.3. The standard InChI is InChI=1S/C23H16BrClN2O2/c1-29-21-5-3-2-4-16(21)14-20-23(28)27(19-12-10-18(25)11-13-19)22(26-20)15-6-8-17(24)9-7-15/h2-14H,1H3/b20-14+. The molecule has 0 N–H and O–H groups in total. The van der Waals surface area contributed by atoms with Gasteiger partial charge in [-0.05, 0) is 48.5 Å². The lowest BCUT2D eigenvalue weighted by molar-refractivity contribution is -0.113. The number of benzene rings is 3. The third kappa shape index (κ3) is 3.97. The number of ether oxygens (including phenoxy) is 1. The van der Waals surface area contributed by atoms with Crippen LogP contribution in [0, 0.1) is 0 Å². The molecule has 0 radical (unpaired) electrons. The van der Waals surface area contributed by atoms with Gasteiger partial charge in [0.05, 0.1) is 12.8 Å². The van der Waals surface area contributed by atoms with Crippen molar-refractivity contribution in [1.82, 2.24) is 0 Å².